The summed E-state index contributed by atoms with van der Waals surface area (Å²) in [7, 11) is 0. The monoisotopic (exact) mass is 452 g/mol. The van der Waals surface area contributed by atoms with Crippen molar-refractivity contribution >= 4 is 35.2 Å². The highest BCUT2D eigenvalue weighted by atomic mass is 16.4. The van der Waals surface area contributed by atoms with E-state index in [0.29, 0.717) is 30.9 Å². The maximum atomic E-state index is 12.7. The van der Waals surface area contributed by atoms with Crippen LogP contribution < -0.4 is 16.0 Å². The molecule has 1 aliphatic rings. The lowest BCUT2D eigenvalue weighted by Gasteiger charge is -2.32. The van der Waals surface area contributed by atoms with Crippen LogP contribution in [0.1, 0.15) is 24.8 Å². The summed E-state index contributed by atoms with van der Waals surface area (Å²) in [4.78, 5) is 49.4. The van der Waals surface area contributed by atoms with Gasteiger partial charge in [-0.15, -0.1) is 0 Å². The van der Waals surface area contributed by atoms with Crippen molar-refractivity contribution in [3.63, 3.8) is 0 Å². The summed E-state index contributed by atoms with van der Waals surface area (Å²) in [5, 5.41) is 16.8. The van der Waals surface area contributed by atoms with E-state index in [4.69, 9.17) is 5.11 Å². The van der Waals surface area contributed by atoms with Gasteiger partial charge in [-0.25, -0.2) is 4.79 Å². The molecule has 4 N–H and O–H groups in total. The van der Waals surface area contributed by atoms with Crippen molar-refractivity contribution in [3.05, 3.63) is 60.2 Å². The van der Waals surface area contributed by atoms with Crippen molar-refractivity contribution in [2.75, 3.05) is 30.3 Å². The molecule has 1 fully saturated rings. The molecule has 0 spiro atoms. The van der Waals surface area contributed by atoms with E-state index >= 15 is 0 Å². The van der Waals surface area contributed by atoms with E-state index < -0.39 is 5.97 Å². The van der Waals surface area contributed by atoms with Crippen LogP contribution in [0.2, 0.25) is 0 Å². The minimum absolute atomic E-state index is 0.0689. The summed E-state index contributed by atoms with van der Waals surface area (Å²) in [5.74, 6) is -1.57. The lowest BCUT2D eigenvalue weighted by atomic mass is 9.96. The Labute approximate surface area is 192 Å². The van der Waals surface area contributed by atoms with Gasteiger partial charge >= 0.3 is 12.0 Å². The van der Waals surface area contributed by atoms with Crippen molar-refractivity contribution in [1.29, 1.82) is 0 Å². The van der Waals surface area contributed by atoms with Crippen LogP contribution >= 0.6 is 0 Å². The molecule has 33 heavy (non-hydrogen) atoms. The van der Waals surface area contributed by atoms with E-state index in [1.54, 1.807) is 41.3 Å². The first-order valence-electron chi connectivity index (χ1n) is 10.9. The van der Waals surface area contributed by atoms with Crippen LogP contribution in [0, 0.1) is 5.92 Å². The third-order valence-electron chi connectivity index (χ3n) is 5.38. The number of nitrogens with zero attached hydrogens (tertiary/aromatic N) is 1. The van der Waals surface area contributed by atoms with Crippen LogP contribution in [0.4, 0.5) is 16.2 Å². The molecule has 1 aliphatic heterocycles. The second kappa shape index (κ2) is 11.7. The third kappa shape index (κ3) is 7.64. The number of carboxylic acid groups (broad SMARTS) is 1. The van der Waals surface area contributed by atoms with Gasteiger partial charge in [-0.3, -0.25) is 14.4 Å². The van der Waals surface area contributed by atoms with Crippen molar-refractivity contribution < 1.29 is 24.3 Å². The molecular formula is C24H28N4O5. The molecule has 0 bridgehead atoms. The van der Waals surface area contributed by atoms with Gasteiger partial charge in [-0.1, -0.05) is 30.3 Å². The minimum atomic E-state index is -0.964. The number of carboxylic acids is 1. The number of aliphatic carboxylic acids is 1. The number of piperidine rings is 1. The molecule has 2 aromatic carbocycles. The molecule has 4 amide bonds. The van der Waals surface area contributed by atoms with Crippen LogP contribution in [-0.2, 0) is 20.8 Å². The van der Waals surface area contributed by atoms with Crippen molar-refractivity contribution in [1.82, 2.24) is 10.2 Å². The fraction of sp³-hybridized carbons (Fsp3) is 0.333. The lowest BCUT2D eigenvalue weighted by molar-refractivity contribution is -0.137. The van der Waals surface area contributed by atoms with E-state index in [-0.39, 0.29) is 43.1 Å². The van der Waals surface area contributed by atoms with Crippen LogP contribution in [-0.4, -0.2) is 53.5 Å². The van der Waals surface area contributed by atoms with Gasteiger partial charge in [-0.2, -0.15) is 0 Å². The van der Waals surface area contributed by atoms with Gasteiger partial charge in [0.15, 0.2) is 0 Å². The van der Waals surface area contributed by atoms with Crippen LogP contribution in [0.15, 0.2) is 54.6 Å². The Hall–Kier alpha value is -3.88. The smallest absolute Gasteiger partial charge is 0.323 e. The minimum Gasteiger partial charge on any atom is -0.481 e. The number of hydrogen-bond acceptors (Lipinski definition) is 4. The molecule has 0 saturated carbocycles. The van der Waals surface area contributed by atoms with Crippen LogP contribution in [0.5, 0.6) is 0 Å². The zero-order valence-corrected chi connectivity index (χ0v) is 18.3. The number of para-hydroxylation sites is 1. The molecule has 2 aromatic rings. The average Bonchev–Trinajstić information content (AvgIpc) is 2.80. The quantitative estimate of drug-likeness (QED) is 0.490. The number of rotatable bonds is 8. The normalized spacial score (nSPS) is 15.4. The van der Waals surface area contributed by atoms with Gasteiger partial charge in [0.25, 0.3) is 0 Å². The number of hydrogen-bond donors (Lipinski definition) is 4. The van der Waals surface area contributed by atoms with E-state index in [0.717, 1.165) is 12.0 Å². The number of benzene rings is 2. The predicted octanol–water partition coefficient (Wildman–Crippen LogP) is 2.70. The van der Waals surface area contributed by atoms with Crippen molar-refractivity contribution in [2.45, 2.75) is 25.7 Å². The highest BCUT2D eigenvalue weighted by Gasteiger charge is 2.28. The summed E-state index contributed by atoms with van der Waals surface area (Å²) in [5.41, 5.74) is 2.10. The summed E-state index contributed by atoms with van der Waals surface area (Å²) in [6.45, 7) is 1.01. The maximum absolute atomic E-state index is 12.7. The molecule has 1 atom stereocenters. The first-order chi connectivity index (χ1) is 15.9. The van der Waals surface area contributed by atoms with E-state index in [9.17, 15) is 19.2 Å². The fourth-order valence-electron chi connectivity index (χ4n) is 3.66. The Kier molecular flexibility index (Phi) is 8.40. The fourth-order valence-corrected chi connectivity index (χ4v) is 3.66. The standard InChI is InChI=1S/C24H28N4O5/c29-21(28-14-4-5-18(16-28)23(32)25-13-12-22(30)31)15-17-8-10-20(11-9-17)27-24(33)26-19-6-2-1-3-7-19/h1-3,6-11,18H,4-5,12-16H2,(H,25,32)(H,30,31)(H2,26,27,33)/t18-/m1/s1. The molecule has 1 heterocycles. The van der Waals surface area contributed by atoms with Gasteiger partial charge in [0.2, 0.25) is 11.8 Å². The molecule has 1 saturated heterocycles. The number of amides is 4. The lowest BCUT2D eigenvalue weighted by Crippen LogP contribution is -2.46. The molecule has 0 radical (unpaired) electrons. The van der Waals surface area contributed by atoms with E-state index in [1.165, 1.54) is 0 Å². The second-order valence-electron chi connectivity index (χ2n) is 7.93. The Bertz CT molecular complexity index is 978. The summed E-state index contributed by atoms with van der Waals surface area (Å²) >= 11 is 0. The van der Waals surface area contributed by atoms with Gasteiger partial charge < -0.3 is 26.0 Å². The topological polar surface area (TPSA) is 128 Å². The highest BCUT2D eigenvalue weighted by molar-refractivity contribution is 5.99. The Morgan fingerprint density at radius 2 is 1.61 bits per heavy atom. The number of urea groups is 1. The molecule has 9 nitrogen and oxygen atoms in total. The second-order valence-corrected chi connectivity index (χ2v) is 7.93. The Morgan fingerprint density at radius 3 is 2.27 bits per heavy atom. The molecule has 0 unspecified atom stereocenters. The van der Waals surface area contributed by atoms with Crippen LogP contribution in [0.3, 0.4) is 0 Å². The Morgan fingerprint density at radius 1 is 0.939 bits per heavy atom. The first-order valence-corrected chi connectivity index (χ1v) is 10.9. The number of anilines is 2. The maximum Gasteiger partial charge on any atom is 0.323 e. The van der Waals surface area contributed by atoms with Crippen LogP contribution in [0.25, 0.3) is 0 Å². The highest BCUT2D eigenvalue weighted by Crippen LogP contribution is 2.19. The zero-order chi connectivity index (χ0) is 23.6. The molecule has 0 aromatic heterocycles. The number of likely N-dealkylation sites (tertiary alicyclic amines) is 1. The third-order valence-corrected chi connectivity index (χ3v) is 5.38. The Balaban J connectivity index is 1.47. The molecule has 174 valence electrons. The SMILES string of the molecule is O=C(O)CCNC(=O)[C@@H]1CCCN(C(=O)Cc2ccc(NC(=O)Nc3ccccc3)cc2)C1. The van der Waals surface area contributed by atoms with Gasteiger partial charge in [0.05, 0.1) is 18.8 Å². The van der Waals surface area contributed by atoms with Gasteiger partial charge in [0.1, 0.15) is 0 Å². The van der Waals surface area contributed by atoms with Crippen molar-refractivity contribution in [2.24, 2.45) is 5.92 Å². The summed E-state index contributed by atoms with van der Waals surface area (Å²) in [6.07, 6.45) is 1.47. The van der Waals surface area contributed by atoms with E-state index in [2.05, 4.69) is 16.0 Å². The number of carbonyl (C=O) groups is 4. The molecular weight excluding hydrogens is 424 g/mol. The predicted molar refractivity (Wildman–Crippen MR) is 124 cm³/mol. The van der Waals surface area contributed by atoms with Gasteiger partial charge in [-0.05, 0) is 42.7 Å². The molecule has 3 rings (SSSR count). The zero-order valence-electron chi connectivity index (χ0n) is 18.3. The molecule has 9 heteroatoms. The summed E-state index contributed by atoms with van der Waals surface area (Å²) < 4.78 is 0. The number of nitrogens with one attached hydrogen (secondary N) is 3. The average molecular weight is 453 g/mol. The first kappa shape index (κ1) is 23.8. The largest absolute Gasteiger partial charge is 0.481 e. The van der Waals surface area contributed by atoms with E-state index in [1.807, 2.05) is 18.2 Å². The summed E-state index contributed by atoms with van der Waals surface area (Å²) in [6, 6.07) is 15.8. The van der Waals surface area contributed by atoms with Crippen molar-refractivity contribution in [3.8, 4) is 0 Å². The number of carbonyl (C=O) groups excluding carboxylic acids is 3. The molecule has 0 aliphatic carbocycles. The van der Waals surface area contributed by atoms with Gasteiger partial charge in [0, 0.05) is 31.0 Å².